The summed E-state index contributed by atoms with van der Waals surface area (Å²) in [4.78, 5) is 38.2. The van der Waals surface area contributed by atoms with E-state index in [4.69, 9.17) is 14.2 Å². The molecule has 0 aromatic heterocycles. The Morgan fingerprint density at radius 3 is 0.873 bits per heavy atom. The minimum absolute atomic E-state index is 0.0982. The van der Waals surface area contributed by atoms with Gasteiger partial charge in [-0.25, -0.2) is 0 Å². The molecule has 458 valence electrons. The van der Waals surface area contributed by atoms with Crippen molar-refractivity contribution in [2.75, 3.05) is 13.2 Å². The van der Waals surface area contributed by atoms with Crippen molar-refractivity contribution in [1.82, 2.24) is 0 Å². The van der Waals surface area contributed by atoms with E-state index in [-0.39, 0.29) is 37.5 Å². The summed E-state index contributed by atoms with van der Waals surface area (Å²) in [6, 6.07) is 0. The Morgan fingerprint density at radius 1 is 0.266 bits per heavy atom. The second-order valence-corrected chi connectivity index (χ2v) is 23.1. The minimum atomic E-state index is -0.808. The fraction of sp³-hybridized carbons (Fsp3) is 0.795. The first kappa shape index (κ1) is 75.8. The topological polar surface area (TPSA) is 78.9 Å². The molecule has 0 N–H and O–H groups in total. The average Bonchev–Trinajstić information content (AvgIpc) is 3.45. The molecule has 0 saturated carbocycles. The van der Waals surface area contributed by atoms with Crippen molar-refractivity contribution in [3.05, 3.63) is 72.9 Å². The highest BCUT2D eigenvalue weighted by atomic mass is 16.6. The molecule has 0 aromatic carbocycles. The van der Waals surface area contributed by atoms with Crippen LogP contribution < -0.4 is 0 Å². The van der Waals surface area contributed by atoms with Gasteiger partial charge in [-0.3, -0.25) is 14.4 Å². The lowest BCUT2D eigenvalue weighted by Gasteiger charge is -2.18. The van der Waals surface area contributed by atoms with Gasteiger partial charge in [0.1, 0.15) is 13.2 Å². The molecule has 0 rings (SSSR count). The number of esters is 3. The van der Waals surface area contributed by atoms with Gasteiger partial charge in [-0.15, -0.1) is 0 Å². The zero-order valence-corrected chi connectivity index (χ0v) is 52.6. The predicted octanol–water partition coefficient (Wildman–Crippen LogP) is 23.7. The van der Waals surface area contributed by atoms with Crippen LogP contribution in [0.1, 0.15) is 355 Å². The summed E-state index contributed by atoms with van der Waals surface area (Å²) >= 11 is 0. The zero-order valence-electron chi connectivity index (χ0n) is 52.6. The van der Waals surface area contributed by atoms with E-state index in [1.54, 1.807) is 0 Å². The first-order valence-corrected chi connectivity index (χ1v) is 34.4. The van der Waals surface area contributed by atoms with Crippen molar-refractivity contribution >= 4 is 17.9 Å². The van der Waals surface area contributed by atoms with Gasteiger partial charge in [-0.2, -0.15) is 0 Å². The first-order chi connectivity index (χ1) is 39.0. The molecule has 1 unspecified atom stereocenters. The van der Waals surface area contributed by atoms with E-state index >= 15 is 0 Å². The molecule has 6 nitrogen and oxygen atoms in total. The zero-order chi connectivity index (χ0) is 57.1. The smallest absolute Gasteiger partial charge is 0.306 e. The quantitative estimate of drug-likeness (QED) is 0.0261. The Kier molecular flexibility index (Phi) is 64.7. The van der Waals surface area contributed by atoms with Crippen LogP contribution in [0.4, 0.5) is 0 Å². The van der Waals surface area contributed by atoms with Crippen molar-refractivity contribution in [3.8, 4) is 0 Å². The van der Waals surface area contributed by atoms with Crippen LogP contribution in [0.25, 0.3) is 0 Å². The van der Waals surface area contributed by atoms with Gasteiger partial charge in [0.05, 0.1) is 0 Å². The van der Waals surface area contributed by atoms with E-state index < -0.39 is 6.10 Å². The maximum atomic E-state index is 12.8. The highest BCUT2D eigenvalue weighted by Gasteiger charge is 2.19. The van der Waals surface area contributed by atoms with E-state index in [9.17, 15) is 14.4 Å². The van der Waals surface area contributed by atoms with Gasteiger partial charge in [-0.05, 0) is 77.0 Å². The maximum Gasteiger partial charge on any atom is 0.306 e. The summed E-state index contributed by atoms with van der Waals surface area (Å²) < 4.78 is 16.8. The molecule has 0 bridgehead atoms. The number of ether oxygens (including phenoxy) is 3. The molecule has 0 spiro atoms. The largest absolute Gasteiger partial charge is 0.462 e. The van der Waals surface area contributed by atoms with Crippen LogP contribution in [0.2, 0.25) is 0 Å². The van der Waals surface area contributed by atoms with Gasteiger partial charge in [0, 0.05) is 19.3 Å². The van der Waals surface area contributed by atoms with Crippen molar-refractivity contribution < 1.29 is 28.6 Å². The van der Waals surface area contributed by atoms with Gasteiger partial charge in [-0.1, -0.05) is 331 Å². The van der Waals surface area contributed by atoms with Crippen molar-refractivity contribution in [3.63, 3.8) is 0 Å². The van der Waals surface area contributed by atoms with E-state index in [2.05, 4.69) is 93.7 Å². The molecular weight excluding hydrogens is 973 g/mol. The molecule has 0 heterocycles. The fourth-order valence-corrected chi connectivity index (χ4v) is 10.1. The summed E-state index contributed by atoms with van der Waals surface area (Å²) in [7, 11) is 0. The molecule has 6 heteroatoms. The van der Waals surface area contributed by atoms with Gasteiger partial charge in [0.15, 0.2) is 6.10 Å². The van der Waals surface area contributed by atoms with Crippen molar-refractivity contribution in [2.45, 2.75) is 361 Å². The Balaban J connectivity index is 4.07. The second-order valence-electron chi connectivity index (χ2n) is 23.1. The van der Waals surface area contributed by atoms with Crippen LogP contribution in [0.15, 0.2) is 72.9 Å². The summed E-state index contributed by atoms with van der Waals surface area (Å²) in [6.45, 7) is 6.45. The van der Waals surface area contributed by atoms with Gasteiger partial charge in [0.25, 0.3) is 0 Å². The predicted molar refractivity (Wildman–Crippen MR) is 344 cm³/mol. The minimum Gasteiger partial charge on any atom is -0.462 e. The number of carbonyl (C=O) groups excluding carboxylic acids is 3. The standard InChI is InChI=1S/C73H130O6/c1-4-7-10-13-16-19-22-24-26-28-29-30-31-32-33-34-35-36-37-38-39-40-41-42-43-44-46-47-49-51-54-57-60-63-66-72(75)78-69-70(68-77-71(74)65-62-59-56-53-21-18-15-12-9-6-3)79-73(76)67-64-61-58-55-52-50-48-45-27-25-23-20-17-14-11-8-5-2/h8,11-12,15,17,20,25,27,48,50,55,58,70H,4-7,9-10,13-14,16,18-19,21-24,26,28-47,49,51-54,56-57,59-69H2,1-3H3/b11-8-,15-12-,20-17-,27-25-,50-48-,58-55-. The third-order valence-electron chi connectivity index (χ3n) is 15.2. The normalized spacial score (nSPS) is 12.5. The highest BCUT2D eigenvalue weighted by molar-refractivity contribution is 5.71. The van der Waals surface area contributed by atoms with Crippen LogP contribution in [0.5, 0.6) is 0 Å². The Labute approximate surface area is 491 Å². The summed E-state index contributed by atoms with van der Waals surface area (Å²) in [5.41, 5.74) is 0. The number of rotatable bonds is 63. The number of allylic oxidation sites excluding steroid dienone is 12. The van der Waals surface area contributed by atoms with Gasteiger partial charge >= 0.3 is 17.9 Å². The maximum absolute atomic E-state index is 12.8. The van der Waals surface area contributed by atoms with Gasteiger partial charge < -0.3 is 14.2 Å². The molecule has 79 heavy (non-hydrogen) atoms. The first-order valence-electron chi connectivity index (χ1n) is 34.4. The third kappa shape index (κ3) is 65.5. The fourth-order valence-electron chi connectivity index (χ4n) is 10.1. The van der Waals surface area contributed by atoms with E-state index in [0.717, 1.165) is 96.3 Å². The molecular formula is C73H130O6. The molecule has 0 amide bonds. The average molecular weight is 1100 g/mol. The Morgan fingerprint density at radius 2 is 0.532 bits per heavy atom. The summed E-state index contributed by atoms with van der Waals surface area (Å²) in [5.74, 6) is -0.956. The summed E-state index contributed by atoms with van der Waals surface area (Å²) in [5, 5.41) is 0. The number of unbranched alkanes of at least 4 members (excludes halogenated alkanes) is 40. The molecule has 0 aliphatic rings. The second kappa shape index (κ2) is 67.4. The van der Waals surface area contributed by atoms with E-state index in [1.165, 1.54) is 212 Å². The third-order valence-corrected chi connectivity index (χ3v) is 15.2. The van der Waals surface area contributed by atoms with E-state index in [0.29, 0.717) is 19.3 Å². The molecule has 1 atom stereocenters. The van der Waals surface area contributed by atoms with Crippen LogP contribution >= 0.6 is 0 Å². The lowest BCUT2D eigenvalue weighted by molar-refractivity contribution is -0.167. The monoisotopic (exact) mass is 1100 g/mol. The molecule has 0 aliphatic carbocycles. The van der Waals surface area contributed by atoms with Crippen LogP contribution in [-0.4, -0.2) is 37.2 Å². The molecule has 0 saturated heterocycles. The van der Waals surface area contributed by atoms with Crippen LogP contribution in [0, 0.1) is 0 Å². The molecule has 0 aromatic rings. The number of hydrogen-bond acceptors (Lipinski definition) is 6. The number of hydrogen-bond donors (Lipinski definition) is 0. The SMILES string of the molecule is CC/C=C\C/C=C\C/C=C\C/C=C\C/C=C\CCCC(=O)OC(COC(=O)CCCCCCC/C=C\CCC)COC(=O)CCCCCCCCCCCCCCCCCCCCCCCCCCCCCCCCCCCC. The lowest BCUT2D eigenvalue weighted by Crippen LogP contribution is -2.30. The molecule has 0 fully saturated rings. The van der Waals surface area contributed by atoms with Crippen LogP contribution in [0.3, 0.4) is 0 Å². The summed E-state index contributed by atoms with van der Waals surface area (Å²) in [6.07, 6.45) is 88.3. The van der Waals surface area contributed by atoms with Gasteiger partial charge in [0.2, 0.25) is 0 Å². The number of carbonyl (C=O) groups is 3. The molecule has 0 radical (unpaired) electrons. The van der Waals surface area contributed by atoms with E-state index in [1.807, 2.05) is 0 Å². The highest BCUT2D eigenvalue weighted by Crippen LogP contribution is 2.18. The van der Waals surface area contributed by atoms with Crippen LogP contribution in [-0.2, 0) is 28.6 Å². The Bertz CT molecular complexity index is 1450. The van der Waals surface area contributed by atoms with Crippen molar-refractivity contribution in [2.24, 2.45) is 0 Å². The van der Waals surface area contributed by atoms with Crippen molar-refractivity contribution in [1.29, 1.82) is 0 Å². The lowest BCUT2D eigenvalue weighted by atomic mass is 10.0. The molecule has 0 aliphatic heterocycles. The Hall–Kier alpha value is -3.15.